The first-order chi connectivity index (χ1) is 11.8. The Labute approximate surface area is 152 Å². The SMILES string of the molecule is CCOC(=O)C(=O)/C=C/c1c(-c2ccc(F)cc2F)cc(Cl)nc1Cl. The van der Waals surface area contributed by atoms with Gasteiger partial charge in [0.25, 0.3) is 5.78 Å². The van der Waals surface area contributed by atoms with Crippen molar-refractivity contribution in [1.29, 1.82) is 0 Å². The number of carbonyl (C=O) groups is 2. The molecule has 8 heteroatoms. The smallest absolute Gasteiger partial charge is 0.379 e. The van der Waals surface area contributed by atoms with Gasteiger partial charge in [0, 0.05) is 17.2 Å². The number of ketones is 1. The summed E-state index contributed by atoms with van der Waals surface area (Å²) in [5.74, 6) is -3.54. The highest BCUT2D eigenvalue weighted by atomic mass is 35.5. The Morgan fingerprint density at radius 2 is 1.92 bits per heavy atom. The van der Waals surface area contributed by atoms with Crippen molar-refractivity contribution in [2.75, 3.05) is 6.61 Å². The number of aromatic nitrogens is 1. The van der Waals surface area contributed by atoms with Crippen molar-refractivity contribution in [3.05, 3.63) is 57.8 Å². The Morgan fingerprint density at radius 3 is 2.56 bits per heavy atom. The third-order valence-corrected chi connectivity index (χ3v) is 3.56. The maximum Gasteiger partial charge on any atom is 0.379 e. The molecule has 0 aliphatic rings. The second kappa shape index (κ2) is 8.18. The molecule has 25 heavy (non-hydrogen) atoms. The predicted molar refractivity (Wildman–Crippen MR) is 90.3 cm³/mol. The van der Waals surface area contributed by atoms with E-state index in [1.807, 2.05) is 0 Å². The monoisotopic (exact) mass is 385 g/mol. The zero-order chi connectivity index (χ0) is 18.6. The number of pyridine rings is 1. The van der Waals surface area contributed by atoms with Crippen LogP contribution in [0.25, 0.3) is 17.2 Å². The van der Waals surface area contributed by atoms with Gasteiger partial charge in [0.1, 0.15) is 21.9 Å². The molecule has 0 spiro atoms. The largest absolute Gasteiger partial charge is 0.460 e. The molecule has 0 amide bonds. The summed E-state index contributed by atoms with van der Waals surface area (Å²) in [6, 6.07) is 4.29. The molecule has 0 fully saturated rings. The molecule has 0 saturated carbocycles. The maximum atomic E-state index is 14.1. The van der Waals surface area contributed by atoms with Crippen molar-refractivity contribution < 1.29 is 23.1 Å². The van der Waals surface area contributed by atoms with E-state index in [9.17, 15) is 18.4 Å². The van der Waals surface area contributed by atoms with E-state index in [-0.39, 0.29) is 33.6 Å². The van der Waals surface area contributed by atoms with Crippen LogP contribution >= 0.6 is 23.2 Å². The summed E-state index contributed by atoms with van der Waals surface area (Å²) in [5.41, 5.74) is 0.348. The molecule has 0 aliphatic carbocycles. The average Bonchev–Trinajstić information content (AvgIpc) is 2.53. The zero-order valence-electron chi connectivity index (χ0n) is 12.9. The minimum Gasteiger partial charge on any atom is -0.460 e. The number of hydrogen-bond donors (Lipinski definition) is 0. The molecule has 0 atom stereocenters. The number of rotatable bonds is 5. The summed E-state index contributed by atoms with van der Waals surface area (Å²) in [6.07, 6.45) is 2.13. The normalized spacial score (nSPS) is 10.9. The summed E-state index contributed by atoms with van der Waals surface area (Å²) >= 11 is 11.9. The second-order valence-corrected chi connectivity index (χ2v) is 5.48. The van der Waals surface area contributed by atoms with E-state index in [1.165, 1.54) is 18.2 Å². The molecule has 4 nitrogen and oxygen atoms in total. The van der Waals surface area contributed by atoms with Crippen LogP contribution < -0.4 is 0 Å². The van der Waals surface area contributed by atoms with Gasteiger partial charge in [0.2, 0.25) is 0 Å². The highest BCUT2D eigenvalue weighted by Gasteiger charge is 2.16. The predicted octanol–water partition coefficient (Wildman–Crippen LogP) is 4.48. The molecule has 2 rings (SSSR count). The van der Waals surface area contributed by atoms with Gasteiger partial charge in [-0.15, -0.1) is 0 Å². The minimum atomic E-state index is -1.04. The fourth-order valence-corrected chi connectivity index (χ4v) is 2.51. The fourth-order valence-electron chi connectivity index (χ4n) is 2.01. The number of carbonyl (C=O) groups excluding carboxylic acids is 2. The van der Waals surface area contributed by atoms with Crippen molar-refractivity contribution in [2.45, 2.75) is 6.92 Å². The Bertz CT molecular complexity index is 869. The molecule has 1 heterocycles. The third-order valence-electron chi connectivity index (χ3n) is 3.08. The summed E-state index contributed by atoms with van der Waals surface area (Å²) in [4.78, 5) is 26.8. The van der Waals surface area contributed by atoms with Gasteiger partial charge in [-0.1, -0.05) is 23.2 Å². The molecule has 0 aliphatic heterocycles. The van der Waals surface area contributed by atoms with E-state index in [0.29, 0.717) is 6.07 Å². The molecule has 2 aromatic rings. The summed E-state index contributed by atoms with van der Waals surface area (Å²) < 4.78 is 31.8. The number of nitrogens with zero attached hydrogens (tertiary/aromatic N) is 1. The summed E-state index contributed by atoms with van der Waals surface area (Å²) in [6.45, 7) is 1.61. The Morgan fingerprint density at radius 1 is 1.20 bits per heavy atom. The average molecular weight is 386 g/mol. The molecular weight excluding hydrogens is 375 g/mol. The second-order valence-electron chi connectivity index (χ2n) is 4.74. The van der Waals surface area contributed by atoms with E-state index in [2.05, 4.69) is 9.72 Å². The Kier molecular flexibility index (Phi) is 6.22. The number of hydrogen-bond acceptors (Lipinski definition) is 4. The highest BCUT2D eigenvalue weighted by Crippen LogP contribution is 2.33. The standard InChI is InChI=1S/C17H11Cl2F2NO3/c1-2-25-17(24)14(23)6-5-11-12(8-15(18)22-16(11)19)10-4-3-9(20)7-13(10)21/h3-8H,2H2,1H3/b6-5+. The lowest BCUT2D eigenvalue weighted by Crippen LogP contribution is -2.14. The summed E-state index contributed by atoms with van der Waals surface area (Å²) in [7, 11) is 0. The van der Waals surface area contributed by atoms with E-state index in [0.717, 1.165) is 12.1 Å². The fraction of sp³-hybridized carbons (Fsp3) is 0.118. The van der Waals surface area contributed by atoms with Crippen LogP contribution in [0.5, 0.6) is 0 Å². The summed E-state index contributed by atoms with van der Waals surface area (Å²) in [5, 5.41) is -0.128. The van der Waals surface area contributed by atoms with Crippen molar-refractivity contribution >= 4 is 41.0 Å². The quantitative estimate of drug-likeness (QED) is 0.329. The number of halogens is 4. The number of esters is 1. The van der Waals surface area contributed by atoms with Gasteiger partial charge in [0.15, 0.2) is 0 Å². The lowest BCUT2D eigenvalue weighted by Gasteiger charge is -2.10. The molecule has 130 valence electrons. The Balaban J connectivity index is 2.51. The van der Waals surface area contributed by atoms with Gasteiger partial charge in [-0.05, 0) is 42.8 Å². The molecule has 0 radical (unpaired) electrons. The van der Waals surface area contributed by atoms with Crippen molar-refractivity contribution in [3.63, 3.8) is 0 Å². The lowest BCUT2D eigenvalue weighted by atomic mass is 10.0. The van der Waals surface area contributed by atoms with E-state index in [4.69, 9.17) is 23.2 Å². The van der Waals surface area contributed by atoms with Gasteiger partial charge < -0.3 is 4.74 Å². The Hall–Kier alpha value is -2.31. The van der Waals surface area contributed by atoms with Crippen LogP contribution in [-0.4, -0.2) is 23.3 Å². The van der Waals surface area contributed by atoms with Gasteiger partial charge in [-0.25, -0.2) is 18.6 Å². The van der Waals surface area contributed by atoms with Crippen molar-refractivity contribution in [3.8, 4) is 11.1 Å². The van der Waals surface area contributed by atoms with Crippen LogP contribution in [0.2, 0.25) is 10.3 Å². The topological polar surface area (TPSA) is 56.3 Å². The molecule has 0 bridgehead atoms. The van der Waals surface area contributed by atoms with Crippen LogP contribution in [0.1, 0.15) is 12.5 Å². The van der Waals surface area contributed by atoms with Gasteiger partial charge in [-0.2, -0.15) is 0 Å². The zero-order valence-corrected chi connectivity index (χ0v) is 14.4. The van der Waals surface area contributed by atoms with Gasteiger partial charge in [0.05, 0.1) is 6.61 Å². The van der Waals surface area contributed by atoms with Crippen molar-refractivity contribution in [2.24, 2.45) is 0 Å². The lowest BCUT2D eigenvalue weighted by molar-refractivity contribution is -0.151. The van der Waals surface area contributed by atoms with Crippen LogP contribution in [0, 0.1) is 11.6 Å². The van der Waals surface area contributed by atoms with Crippen LogP contribution in [0.4, 0.5) is 8.78 Å². The van der Waals surface area contributed by atoms with E-state index in [1.54, 1.807) is 6.92 Å². The van der Waals surface area contributed by atoms with Gasteiger partial charge >= 0.3 is 5.97 Å². The molecule has 0 unspecified atom stereocenters. The molecule has 0 saturated heterocycles. The van der Waals surface area contributed by atoms with Crippen LogP contribution in [0.15, 0.2) is 30.3 Å². The molecule has 0 N–H and O–H groups in total. The number of ether oxygens (including phenoxy) is 1. The highest BCUT2D eigenvalue weighted by molar-refractivity contribution is 6.39. The molecule has 1 aromatic heterocycles. The van der Waals surface area contributed by atoms with Gasteiger partial charge in [-0.3, -0.25) is 4.79 Å². The molecule has 1 aromatic carbocycles. The first-order valence-corrected chi connectivity index (χ1v) is 7.79. The van der Waals surface area contributed by atoms with Crippen LogP contribution in [0.3, 0.4) is 0 Å². The first kappa shape index (κ1) is 19.0. The van der Waals surface area contributed by atoms with Crippen LogP contribution in [-0.2, 0) is 14.3 Å². The minimum absolute atomic E-state index is 0.0100. The maximum absolute atomic E-state index is 14.1. The third kappa shape index (κ3) is 4.61. The number of benzene rings is 1. The van der Waals surface area contributed by atoms with E-state index < -0.39 is 23.4 Å². The first-order valence-electron chi connectivity index (χ1n) is 7.04. The van der Waals surface area contributed by atoms with E-state index >= 15 is 0 Å². The van der Waals surface area contributed by atoms with Crippen molar-refractivity contribution in [1.82, 2.24) is 4.98 Å². The molecular formula is C17H11Cl2F2NO3.